The van der Waals surface area contributed by atoms with Gasteiger partial charge in [0.25, 0.3) is 5.56 Å². The van der Waals surface area contributed by atoms with Crippen LogP contribution in [0.15, 0.2) is 53.6 Å². The molecule has 5 nitrogen and oxygen atoms in total. The smallest absolute Gasteiger partial charge is 0.250 e. The van der Waals surface area contributed by atoms with Gasteiger partial charge in [0.05, 0.1) is 6.54 Å². The van der Waals surface area contributed by atoms with Gasteiger partial charge in [-0.05, 0) is 19.1 Å². The zero-order valence-electron chi connectivity index (χ0n) is 10.7. The summed E-state index contributed by atoms with van der Waals surface area (Å²) >= 11 is 0. The Morgan fingerprint density at radius 1 is 1.32 bits per heavy atom. The minimum atomic E-state index is -1.15. The summed E-state index contributed by atoms with van der Waals surface area (Å²) in [5.74, 6) is 0.447. The average molecular weight is 260 g/mol. The minimum Gasteiger partial charge on any atom is -0.475 e. The highest BCUT2D eigenvalue weighted by molar-refractivity contribution is 5.09. The van der Waals surface area contributed by atoms with E-state index >= 15 is 0 Å². The van der Waals surface area contributed by atoms with Crippen molar-refractivity contribution in [1.82, 2.24) is 9.55 Å². The standard InChI is InChI=1S/C14H16N2O3/c1-14(18,10-16-9-5-3-7-13(16)17)11-19-12-6-2-4-8-15-12/h2-9,18H,10-11H2,1H3. The first-order valence-corrected chi connectivity index (χ1v) is 5.98. The first-order chi connectivity index (χ1) is 9.07. The van der Waals surface area contributed by atoms with Gasteiger partial charge in [0.1, 0.15) is 12.2 Å². The van der Waals surface area contributed by atoms with Crippen LogP contribution in [-0.2, 0) is 6.54 Å². The van der Waals surface area contributed by atoms with Crippen LogP contribution in [0, 0.1) is 0 Å². The molecule has 0 aliphatic carbocycles. The van der Waals surface area contributed by atoms with Crippen LogP contribution in [0.1, 0.15) is 6.92 Å². The Labute approximate surface area is 111 Å². The molecule has 5 heteroatoms. The van der Waals surface area contributed by atoms with Crippen LogP contribution >= 0.6 is 0 Å². The molecule has 2 aromatic rings. The second kappa shape index (κ2) is 5.67. The van der Waals surface area contributed by atoms with Crippen LogP contribution < -0.4 is 10.3 Å². The van der Waals surface area contributed by atoms with Gasteiger partial charge in [-0.1, -0.05) is 12.1 Å². The molecule has 2 heterocycles. The van der Waals surface area contributed by atoms with Crippen molar-refractivity contribution in [1.29, 1.82) is 0 Å². The number of aliphatic hydroxyl groups is 1. The Balaban J connectivity index is 1.99. The lowest BCUT2D eigenvalue weighted by Crippen LogP contribution is -2.40. The average Bonchev–Trinajstić information content (AvgIpc) is 2.40. The molecule has 100 valence electrons. The zero-order valence-corrected chi connectivity index (χ0v) is 10.7. The van der Waals surface area contributed by atoms with Crippen molar-refractivity contribution < 1.29 is 9.84 Å². The maximum absolute atomic E-state index is 11.6. The topological polar surface area (TPSA) is 64.3 Å². The molecule has 0 saturated carbocycles. The van der Waals surface area contributed by atoms with Crippen LogP contribution in [0.3, 0.4) is 0 Å². The molecule has 0 aliphatic rings. The fraction of sp³-hybridized carbons (Fsp3) is 0.286. The van der Waals surface area contributed by atoms with E-state index < -0.39 is 5.60 Å². The lowest BCUT2D eigenvalue weighted by molar-refractivity contribution is -0.00493. The van der Waals surface area contributed by atoms with E-state index in [0.29, 0.717) is 5.88 Å². The van der Waals surface area contributed by atoms with Gasteiger partial charge in [-0.3, -0.25) is 4.79 Å². The fourth-order valence-electron chi connectivity index (χ4n) is 1.67. The lowest BCUT2D eigenvalue weighted by atomic mass is 10.1. The molecular formula is C14H16N2O3. The number of rotatable bonds is 5. The van der Waals surface area contributed by atoms with Gasteiger partial charge in [0, 0.05) is 24.5 Å². The highest BCUT2D eigenvalue weighted by Gasteiger charge is 2.22. The molecule has 0 saturated heterocycles. The number of hydrogen-bond acceptors (Lipinski definition) is 4. The second-order valence-corrected chi connectivity index (χ2v) is 4.62. The van der Waals surface area contributed by atoms with E-state index in [-0.39, 0.29) is 18.7 Å². The predicted molar refractivity (Wildman–Crippen MR) is 71.1 cm³/mol. The quantitative estimate of drug-likeness (QED) is 0.873. The van der Waals surface area contributed by atoms with E-state index in [1.54, 1.807) is 49.6 Å². The Kier molecular flexibility index (Phi) is 3.97. The highest BCUT2D eigenvalue weighted by Crippen LogP contribution is 2.10. The zero-order chi connectivity index (χ0) is 13.7. The van der Waals surface area contributed by atoms with Crippen molar-refractivity contribution in [3.63, 3.8) is 0 Å². The van der Waals surface area contributed by atoms with Crippen molar-refractivity contribution in [2.24, 2.45) is 0 Å². The number of aromatic nitrogens is 2. The lowest BCUT2D eigenvalue weighted by Gasteiger charge is -2.23. The molecule has 0 fully saturated rings. The maximum atomic E-state index is 11.6. The van der Waals surface area contributed by atoms with E-state index in [1.165, 1.54) is 10.6 Å². The van der Waals surface area contributed by atoms with Gasteiger partial charge in [-0.25, -0.2) is 4.98 Å². The van der Waals surface area contributed by atoms with Crippen molar-refractivity contribution in [3.05, 3.63) is 59.1 Å². The Bertz CT molecular complexity index is 578. The normalized spacial score (nSPS) is 13.8. The summed E-state index contributed by atoms with van der Waals surface area (Å²) in [7, 11) is 0. The van der Waals surface area contributed by atoms with Crippen LogP contribution in [0.2, 0.25) is 0 Å². The molecule has 1 N–H and O–H groups in total. The molecule has 0 amide bonds. The van der Waals surface area contributed by atoms with E-state index in [9.17, 15) is 9.90 Å². The number of nitrogens with zero attached hydrogens (tertiary/aromatic N) is 2. The summed E-state index contributed by atoms with van der Waals surface area (Å²) < 4.78 is 6.85. The second-order valence-electron chi connectivity index (χ2n) is 4.62. The molecular weight excluding hydrogens is 244 g/mol. The third-order valence-corrected chi connectivity index (χ3v) is 2.58. The number of ether oxygens (including phenoxy) is 1. The van der Waals surface area contributed by atoms with Crippen LogP contribution in [-0.4, -0.2) is 26.9 Å². The first-order valence-electron chi connectivity index (χ1n) is 5.98. The molecule has 0 bridgehead atoms. The van der Waals surface area contributed by atoms with E-state index in [4.69, 9.17) is 4.74 Å². The van der Waals surface area contributed by atoms with Crippen molar-refractivity contribution in [2.75, 3.05) is 6.61 Å². The summed E-state index contributed by atoms with van der Waals surface area (Å²) in [6, 6.07) is 10.2. The van der Waals surface area contributed by atoms with E-state index in [2.05, 4.69) is 4.98 Å². The SMILES string of the molecule is CC(O)(COc1ccccn1)Cn1ccccc1=O. The number of pyridine rings is 2. The maximum Gasteiger partial charge on any atom is 0.250 e. The molecule has 0 aliphatic heterocycles. The Morgan fingerprint density at radius 3 is 2.79 bits per heavy atom. The van der Waals surface area contributed by atoms with Crippen LogP contribution in [0.4, 0.5) is 0 Å². The Morgan fingerprint density at radius 2 is 2.11 bits per heavy atom. The molecule has 2 rings (SSSR count). The van der Waals surface area contributed by atoms with Gasteiger partial charge < -0.3 is 14.4 Å². The summed E-state index contributed by atoms with van der Waals surface area (Å²) in [6.45, 7) is 1.85. The van der Waals surface area contributed by atoms with Gasteiger partial charge >= 0.3 is 0 Å². The van der Waals surface area contributed by atoms with Gasteiger partial charge in [0.15, 0.2) is 0 Å². The van der Waals surface area contributed by atoms with Crippen LogP contribution in [0.25, 0.3) is 0 Å². The van der Waals surface area contributed by atoms with E-state index in [1.807, 2.05) is 0 Å². The van der Waals surface area contributed by atoms with Crippen molar-refractivity contribution >= 4 is 0 Å². The molecule has 0 spiro atoms. The third-order valence-electron chi connectivity index (χ3n) is 2.58. The van der Waals surface area contributed by atoms with E-state index in [0.717, 1.165) is 0 Å². The van der Waals surface area contributed by atoms with Crippen molar-refractivity contribution in [2.45, 2.75) is 19.1 Å². The van der Waals surface area contributed by atoms with Gasteiger partial charge in [-0.2, -0.15) is 0 Å². The molecule has 1 atom stereocenters. The molecule has 19 heavy (non-hydrogen) atoms. The summed E-state index contributed by atoms with van der Waals surface area (Å²) in [5, 5.41) is 10.2. The van der Waals surface area contributed by atoms with Crippen LogP contribution in [0.5, 0.6) is 5.88 Å². The molecule has 0 radical (unpaired) electrons. The highest BCUT2D eigenvalue weighted by atomic mass is 16.5. The molecule has 1 unspecified atom stereocenters. The molecule has 2 aromatic heterocycles. The molecule has 0 aromatic carbocycles. The summed E-state index contributed by atoms with van der Waals surface area (Å²) in [6.07, 6.45) is 3.25. The Hall–Kier alpha value is -2.14. The fourth-order valence-corrected chi connectivity index (χ4v) is 1.67. The summed E-state index contributed by atoms with van der Waals surface area (Å²) in [4.78, 5) is 15.6. The van der Waals surface area contributed by atoms with Gasteiger partial charge in [0.2, 0.25) is 5.88 Å². The first kappa shape index (κ1) is 13.3. The predicted octanol–water partition coefficient (Wildman–Crippen LogP) is 1.07. The largest absolute Gasteiger partial charge is 0.475 e. The minimum absolute atomic E-state index is 0.0609. The monoisotopic (exact) mass is 260 g/mol. The van der Waals surface area contributed by atoms with Crippen molar-refractivity contribution in [3.8, 4) is 5.88 Å². The number of hydrogen-bond donors (Lipinski definition) is 1. The van der Waals surface area contributed by atoms with Gasteiger partial charge in [-0.15, -0.1) is 0 Å². The summed E-state index contributed by atoms with van der Waals surface area (Å²) in [5.41, 5.74) is -1.30. The third kappa shape index (κ3) is 3.93.